The highest BCUT2D eigenvalue weighted by Gasteiger charge is 2.20. The Hall–Kier alpha value is -2.14. The maximum Gasteiger partial charge on any atom is 0.194 e. The molecule has 4 nitrogen and oxygen atoms in total. The molecule has 140 valence electrons. The third kappa shape index (κ3) is 3.79. The zero-order valence-electron chi connectivity index (χ0n) is 15.5. The van der Waals surface area contributed by atoms with Gasteiger partial charge >= 0.3 is 0 Å². The van der Waals surface area contributed by atoms with E-state index in [9.17, 15) is 4.79 Å². The van der Waals surface area contributed by atoms with Crippen LogP contribution in [-0.4, -0.2) is 47.5 Å². The van der Waals surface area contributed by atoms with Gasteiger partial charge in [-0.05, 0) is 30.3 Å². The van der Waals surface area contributed by atoms with E-state index in [1.807, 2.05) is 42.5 Å². The predicted molar refractivity (Wildman–Crippen MR) is 112 cm³/mol. The summed E-state index contributed by atoms with van der Waals surface area (Å²) >= 11 is 6.15. The summed E-state index contributed by atoms with van der Waals surface area (Å²) in [5.41, 5.74) is 3.66. The first-order valence-corrected chi connectivity index (χ1v) is 9.88. The van der Waals surface area contributed by atoms with E-state index in [4.69, 9.17) is 11.6 Å². The molecular formula is C22H24ClN3O. The van der Waals surface area contributed by atoms with E-state index in [-0.39, 0.29) is 5.43 Å². The third-order valence-electron chi connectivity index (χ3n) is 5.42. The van der Waals surface area contributed by atoms with Gasteiger partial charge in [0.2, 0.25) is 0 Å². The van der Waals surface area contributed by atoms with Crippen LogP contribution in [0.1, 0.15) is 12.5 Å². The Bertz CT molecular complexity index is 992. The number of hydrogen-bond donors (Lipinski definition) is 1. The van der Waals surface area contributed by atoms with Gasteiger partial charge in [0.1, 0.15) is 0 Å². The van der Waals surface area contributed by atoms with E-state index in [0.29, 0.717) is 17.0 Å². The molecule has 0 radical (unpaired) electrons. The summed E-state index contributed by atoms with van der Waals surface area (Å²) in [5.74, 6) is 0. The minimum absolute atomic E-state index is 0.0722. The van der Waals surface area contributed by atoms with Crippen LogP contribution in [0.15, 0.2) is 53.3 Å². The van der Waals surface area contributed by atoms with E-state index in [2.05, 4.69) is 21.7 Å². The zero-order valence-corrected chi connectivity index (χ0v) is 16.3. The fourth-order valence-electron chi connectivity index (χ4n) is 3.79. The Morgan fingerprint density at radius 3 is 2.41 bits per heavy atom. The fourth-order valence-corrected chi connectivity index (χ4v) is 3.96. The first-order valence-electron chi connectivity index (χ1n) is 9.50. The Labute approximate surface area is 164 Å². The summed E-state index contributed by atoms with van der Waals surface area (Å²) in [4.78, 5) is 21.7. The fraction of sp³-hybridized carbons (Fsp3) is 0.318. The lowest BCUT2D eigenvalue weighted by molar-refractivity contribution is 0.132. The van der Waals surface area contributed by atoms with E-state index in [1.165, 1.54) is 0 Å². The summed E-state index contributed by atoms with van der Waals surface area (Å²) in [5, 5.41) is 1.24. The average Bonchev–Trinajstić information content (AvgIpc) is 2.71. The maximum absolute atomic E-state index is 13.4. The van der Waals surface area contributed by atoms with Gasteiger partial charge in [-0.1, -0.05) is 48.9 Å². The van der Waals surface area contributed by atoms with Crippen molar-refractivity contribution >= 4 is 22.5 Å². The molecule has 4 rings (SSSR count). The number of pyridine rings is 1. The summed E-state index contributed by atoms with van der Waals surface area (Å²) < 4.78 is 0. The molecule has 0 saturated carbocycles. The molecule has 1 aliphatic rings. The van der Waals surface area contributed by atoms with Gasteiger partial charge in [-0.15, -0.1) is 0 Å². The van der Waals surface area contributed by atoms with E-state index in [0.717, 1.165) is 55.1 Å². The molecule has 2 aromatic carbocycles. The molecule has 1 N–H and O–H groups in total. The minimum Gasteiger partial charge on any atom is -0.354 e. The molecule has 0 atom stereocenters. The van der Waals surface area contributed by atoms with Gasteiger partial charge in [-0.3, -0.25) is 9.69 Å². The highest BCUT2D eigenvalue weighted by atomic mass is 35.5. The zero-order chi connectivity index (χ0) is 18.8. The first kappa shape index (κ1) is 18.2. The van der Waals surface area contributed by atoms with Gasteiger partial charge < -0.3 is 9.88 Å². The van der Waals surface area contributed by atoms with Crippen molar-refractivity contribution in [1.82, 2.24) is 14.8 Å². The van der Waals surface area contributed by atoms with Gasteiger partial charge in [-0.2, -0.15) is 0 Å². The van der Waals surface area contributed by atoms with Crippen molar-refractivity contribution in [3.05, 3.63) is 69.3 Å². The second-order valence-corrected chi connectivity index (χ2v) is 7.51. The number of nitrogens with zero attached hydrogens (tertiary/aromatic N) is 2. The monoisotopic (exact) mass is 381 g/mol. The van der Waals surface area contributed by atoms with Crippen molar-refractivity contribution in [2.75, 3.05) is 32.7 Å². The summed E-state index contributed by atoms with van der Waals surface area (Å²) in [6, 6.07) is 15.6. The van der Waals surface area contributed by atoms with Gasteiger partial charge in [0.05, 0.1) is 5.69 Å². The number of H-pyrrole nitrogens is 1. The number of benzene rings is 2. The van der Waals surface area contributed by atoms with Gasteiger partial charge in [0.25, 0.3) is 0 Å². The number of aromatic nitrogens is 1. The van der Waals surface area contributed by atoms with Crippen LogP contribution < -0.4 is 5.43 Å². The molecular weight excluding hydrogens is 358 g/mol. The molecule has 3 aromatic rings. The van der Waals surface area contributed by atoms with Gasteiger partial charge in [0.15, 0.2) is 5.43 Å². The third-order valence-corrected chi connectivity index (χ3v) is 5.65. The highest BCUT2D eigenvalue weighted by Crippen LogP contribution is 2.25. The molecule has 1 aliphatic heterocycles. The standard InChI is InChI=1S/C22H24ClN3O/c1-2-25-10-12-26(13-11-25)15-19-21(16-6-4-3-5-7-16)24-20-9-8-17(23)14-18(20)22(19)27/h3-9,14H,2,10-13,15H2,1H3,(H,24,27). The lowest BCUT2D eigenvalue weighted by Crippen LogP contribution is -2.46. The summed E-state index contributed by atoms with van der Waals surface area (Å²) in [7, 11) is 0. The van der Waals surface area contributed by atoms with Crippen molar-refractivity contribution in [3.63, 3.8) is 0 Å². The van der Waals surface area contributed by atoms with Gasteiger partial charge in [0, 0.05) is 54.2 Å². The van der Waals surface area contributed by atoms with Crippen molar-refractivity contribution in [2.24, 2.45) is 0 Å². The molecule has 0 spiro atoms. The normalized spacial score (nSPS) is 16.1. The second-order valence-electron chi connectivity index (χ2n) is 7.07. The Morgan fingerprint density at radius 2 is 1.70 bits per heavy atom. The lowest BCUT2D eigenvalue weighted by atomic mass is 10.0. The van der Waals surface area contributed by atoms with Crippen molar-refractivity contribution < 1.29 is 0 Å². The molecule has 0 bridgehead atoms. The molecule has 5 heteroatoms. The van der Waals surface area contributed by atoms with E-state index >= 15 is 0 Å². The predicted octanol–water partition coefficient (Wildman–Crippen LogP) is 3.99. The van der Waals surface area contributed by atoms with Crippen LogP contribution in [0.4, 0.5) is 0 Å². The Balaban J connectivity index is 1.79. The second kappa shape index (κ2) is 7.85. The summed E-state index contributed by atoms with van der Waals surface area (Å²) in [6.45, 7) is 7.99. The molecule has 0 aliphatic carbocycles. The summed E-state index contributed by atoms with van der Waals surface area (Å²) in [6.07, 6.45) is 0. The van der Waals surface area contributed by atoms with Gasteiger partial charge in [-0.25, -0.2) is 0 Å². The molecule has 27 heavy (non-hydrogen) atoms. The highest BCUT2D eigenvalue weighted by molar-refractivity contribution is 6.31. The molecule has 1 saturated heterocycles. The van der Waals surface area contributed by atoms with Crippen LogP contribution in [0.3, 0.4) is 0 Å². The number of likely N-dealkylation sites (N-methyl/N-ethyl adjacent to an activating group) is 1. The van der Waals surface area contributed by atoms with Crippen LogP contribution in [0, 0.1) is 0 Å². The van der Waals surface area contributed by atoms with Crippen molar-refractivity contribution in [2.45, 2.75) is 13.5 Å². The van der Waals surface area contributed by atoms with Crippen LogP contribution >= 0.6 is 11.6 Å². The quantitative estimate of drug-likeness (QED) is 0.742. The van der Waals surface area contributed by atoms with Crippen LogP contribution in [-0.2, 0) is 6.54 Å². The van der Waals surface area contributed by atoms with Crippen LogP contribution in [0.5, 0.6) is 0 Å². The van der Waals surface area contributed by atoms with E-state index in [1.54, 1.807) is 6.07 Å². The molecule has 0 amide bonds. The Kier molecular flexibility index (Phi) is 5.30. The first-order chi connectivity index (χ1) is 13.2. The largest absolute Gasteiger partial charge is 0.354 e. The number of fused-ring (bicyclic) bond motifs is 1. The molecule has 1 aromatic heterocycles. The number of aromatic amines is 1. The minimum atomic E-state index is 0.0722. The van der Waals surface area contributed by atoms with Crippen molar-refractivity contribution in [1.29, 1.82) is 0 Å². The van der Waals surface area contributed by atoms with Crippen LogP contribution in [0.25, 0.3) is 22.2 Å². The maximum atomic E-state index is 13.4. The number of nitrogens with one attached hydrogen (secondary N) is 1. The number of piperazine rings is 1. The molecule has 1 fully saturated rings. The number of hydrogen-bond acceptors (Lipinski definition) is 3. The molecule has 0 unspecified atom stereocenters. The van der Waals surface area contributed by atoms with Crippen LogP contribution in [0.2, 0.25) is 5.02 Å². The topological polar surface area (TPSA) is 39.3 Å². The smallest absolute Gasteiger partial charge is 0.194 e. The number of rotatable bonds is 4. The van der Waals surface area contributed by atoms with E-state index < -0.39 is 0 Å². The SMILES string of the molecule is CCN1CCN(Cc2c(-c3ccccc3)[nH]c3ccc(Cl)cc3c2=O)CC1. The molecule has 2 heterocycles. The number of halogens is 1. The lowest BCUT2D eigenvalue weighted by Gasteiger charge is -2.34. The van der Waals surface area contributed by atoms with Crippen molar-refractivity contribution in [3.8, 4) is 11.3 Å². The average molecular weight is 382 g/mol. The Morgan fingerprint density at radius 1 is 1.00 bits per heavy atom.